The molecule has 1 aromatic heterocycles. The predicted octanol–water partition coefficient (Wildman–Crippen LogP) is 1.97. The number of aromatic amines is 1. The Labute approximate surface area is 168 Å². The number of para-hydroxylation sites is 1. The van der Waals surface area contributed by atoms with E-state index in [9.17, 15) is 14.4 Å². The molecule has 4 amide bonds. The minimum atomic E-state index is -0.479. The fourth-order valence-corrected chi connectivity index (χ4v) is 4.26. The molecule has 5 rings (SSSR count). The molecule has 1 aromatic carbocycles. The van der Waals surface area contributed by atoms with Crippen LogP contribution < -0.4 is 10.2 Å². The van der Waals surface area contributed by atoms with Gasteiger partial charge >= 0.3 is 6.03 Å². The molecule has 8 heteroatoms. The van der Waals surface area contributed by atoms with Crippen molar-refractivity contribution in [2.24, 2.45) is 0 Å². The van der Waals surface area contributed by atoms with E-state index in [0.717, 1.165) is 18.5 Å². The highest BCUT2D eigenvalue weighted by Crippen LogP contribution is 2.41. The fourth-order valence-electron chi connectivity index (χ4n) is 4.26. The largest absolute Gasteiger partial charge is 0.338 e. The zero-order valence-corrected chi connectivity index (χ0v) is 16.1. The van der Waals surface area contributed by atoms with Crippen molar-refractivity contribution in [1.82, 2.24) is 20.4 Å². The number of imide groups is 1. The molecule has 1 saturated heterocycles. The van der Waals surface area contributed by atoms with E-state index in [2.05, 4.69) is 15.5 Å². The fraction of sp³-hybridized carbons (Fsp3) is 0.429. The molecule has 150 valence electrons. The van der Waals surface area contributed by atoms with Crippen LogP contribution in [0.1, 0.15) is 52.5 Å². The van der Waals surface area contributed by atoms with Crippen molar-refractivity contribution in [3.8, 4) is 0 Å². The van der Waals surface area contributed by atoms with Gasteiger partial charge in [-0.15, -0.1) is 0 Å². The number of urea groups is 1. The first-order valence-electron chi connectivity index (χ1n) is 10.2. The van der Waals surface area contributed by atoms with Crippen LogP contribution in [0.25, 0.3) is 0 Å². The number of fused-ring (bicyclic) bond motifs is 1. The SMILES string of the molecule is O=C1CCN(c2ccccc2C(=O)N2CCc3[nH]nc(C4CC4)c3CC2)C(=O)N1. The number of carbonyl (C=O) groups is 3. The molecule has 0 unspecified atom stereocenters. The predicted molar refractivity (Wildman–Crippen MR) is 106 cm³/mol. The molecule has 0 radical (unpaired) electrons. The lowest BCUT2D eigenvalue weighted by atomic mass is 10.1. The van der Waals surface area contributed by atoms with Crippen molar-refractivity contribution in [3.63, 3.8) is 0 Å². The Hall–Kier alpha value is -3.16. The first kappa shape index (κ1) is 17.9. The van der Waals surface area contributed by atoms with Gasteiger partial charge in [0.05, 0.1) is 16.9 Å². The number of carbonyl (C=O) groups excluding carboxylic acids is 3. The topological polar surface area (TPSA) is 98.4 Å². The zero-order chi connectivity index (χ0) is 20.0. The van der Waals surface area contributed by atoms with Crippen LogP contribution in [0.5, 0.6) is 0 Å². The molecule has 2 aliphatic heterocycles. The minimum Gasteiger partial charge on any atom is -0.338 e. The number of aromatic nitrogens is 2. The summed E-state index contributed by atoms with van der Waals surface area (Å²) < 4.78 is 0. The van der Waals surface area contributed by atoms with Gasteiger partial charge in [-0.05, 0) is 37.0 Å². The number of H-pyrrole nitrogens is 1. The van der Waals surface area contributed by atoms with Crippen molar-refractivity contribution in [2.75, 3.05) is 24.5 Å². The second-order valence-corrected chi connectivity index (χ2v) is 7.90. The van der Waals surface area contributed by atoms with Crippen molar-refractivity contribution in [3.05, 3.63) is 46.8 Å². The maximum atomic E-state index is 13.4. The summed E-state index contributed by atoms with van der Waals surface area (Å²) in [5.74, 6) is 0.207. The van der Waals surface area contributed by atoms with Gasteiger partial charge in [-0.3, -0.25) is 24.9 Å². The molecular formula is C21H23N5O3. The van der Waals surface area contributed by atoms with Crippen LogP contribution in [0.2, 0.25) is 0 Å². The van der Waals surface area contributed by atoms with Crippen LogP contribution in [0.4, 0.5) is 10.5 Å². The molecule has 0 bridgehead atoms. The lowest BCUT2D eigenvalue weighted by molar-refractivity contribution is -0.120. The number of anilines is 1. The van der Waals surface area contributed by atoms with Crippen LogP contribution in [0, 0.1) is 0 Å². The normalized spacial score (nSPS) is 19.6. The van der Waals surface area contributed by atoms with Crippen molar-refractivity contribution in [1.29, 1.82) is 0 Å². The van der Waals surface area contributed by atoms with Crippen molar-refractivity contribution < 1.29 is 14.4 Å². The maximum Gasteiger partial charge on any atom is 0.328 e. The number of nitrogens with one attached hydrogen (secondary N) is 2. The summed E-state index contributed by atoms with van der Waals surface area (Å²) in [6.07, 6.45) is 4.18. The summed E-state index contributed by atoms with van der Waals surface area (Å²) in [5.41, 5.74) is 4.65. The van der Waals surface area contributed by atoms with Gasteiger partial charge in [0.2, 0.25) is 5.91 Å². The highest BCUT2D eigenvalue weighted by atomic mass is 16.2. The van der Waals surface area contributed by atoms with Crippen LogP contribution in [0.3, 0.4) is 0 Å². The summed E-state index contributed by atoms with van der Waals surface area (Å²) in [4.78, 5) is 40.5. The molecule has 2 fully saturated rings. The first-order chi connectivity index (χ1) is 14.1. The third-order valence-electron chi connectivity index (χ3n) is 5.98. The monoisotopic (exact) mass is 393 g/mol. The smallest absolute Gasteiger partial charge is 0.328 e. The molecule has 2 N–H and O–H groups in total. The van der Waals surface area contributed by atoms with Gasteiger partial charge in [0, 0.05) is 44.1 Å². The molecular weight excluding hydrogens is 370 g/mol. The first-order valence-corrected chi connectivity index (χ1v) is 10.2. The van der Waals surface area contributed by atoms with Gasteiger partial charge in [-0.25, -0.2) is 4.79 Å². The summed E-state index contributed by atoms with van der Waals surface area (Å²) in [6, 6.07) is 6.64. The maximum absolute atomic E-state index is 13.4. The number of rotatable bonds is 3. The summed E-state index contributed by atoms with van der Waals surface area (Å²) in [5, 5.41) is 10.0. The number of benzene rings is 1. The van der Waals surface area contributed by atoms with Gasteiger partial charge in [0.1, 0.15) is 0 Å². The average Bonchev–Trinajstić information content (AvgIpc) is 3.52. The van der Waals surface area contributed by atoms with E-state index < -0.39 is 6.03 Å². The summed E-state index contributed by atoms with van der Waals surface area (Å²) in [7, 11) is 0. The van der Waals surface area contributed by atoms with Gasteiger partial charge < -0.3 is 4.90 Å². The standard InChI is InChI=1S/C21H23N5O3/c27-18-9-12-26(21(29)22-18)17-4-2-1-3-15(17)20(28)25-10-7-14-16(8-11-25)23-24-19(14)13-5-6-13/h1-4,13H,5-12H2,(H,23,24)(H,22,27,29). The highest BCUT2D eigenvalue weighted by molar-refractivity contribution is 6.09. The zero-order valence-electron chi connectivity index (χ0n) is 16.1. The summed E-state index contributed by atoms with van der Waals surface area (Å²) in [6.45, 7) is 1.51. The number of nitrogens with zero attached hydrogens (tertiary/aromatic N) is 3. The number of hydrogen-bond donors (Lipinski definition) is 2. The Bertz CT molecular complexity index is 994. The van der Waals surface area contributed by atoms with Gasteiger partial charge in [0.25, 0.3) is 5.91 Å². The highest BCUT2D eigenvalue weighted by Gasteiger charge is 2.33. The lowest BCUT2D eigenvalue weighted by Crippen LogP contribution is -2.50. The molecule has 3 aliphatic rings. The van der Waals surface area contributed by atoms with Gasteiger partial charge in [-0.1, -0.05) is 12.1 Å². The molecule has 1 saturated carbocycles. The molecule has 8 nitrogen and oxygen atoms in total. The molecule has 3 heterocycles. The van der Waals surface area contributed by atoms with E-state index in [1.807, 2.05) is 4.90 Å². The van der Waals surface area contributed by atoms with E-state index >= 15 is 0 Å². The Balaban J connectivity index is 1.37. The van der Waals surface area contributed by atoms with Crippen LogP contribution in [-0.4, -0.2) is 52.6 Å². The Morgan fingerprint density at radius 3 is 2.62 bits per heavy atom. The third-order valence-corrected chi connectivity index (χ3v) is 5.98. The number of hydrogen-bond acceptors (Lipinski definition) is 4. The van der Waals surface area contributed by atoms with E-state index in [4.69, 9.17) is 0 Å². The average molecular weight is 393 g/mol. The van der Waals surface area contributed by atoms with Crippen molar-refractivity contribution >= 4 is 23.5 Å². The van der Waals surface area contributed by atoms with Gasteiger partial charge in [-0.2, -0.15) is 5.10 Å². The molecule has 2 aromatic rings. The van der Waals surface area contributed by atoms with Crippen LogP contribution >= 0.6 is 0 Å². The Morgan fingerprint density at radius 2 is 1.83 bits per heavy atom. The van der Waals surface area contributed by atoms with E-state index in [1.165, 1.54) is 29.0 Å². The van der Waals surface area contributed by atoms with Gasteiger partial charge in [0.15, 0.2) is 0 Å². The Morgan fingerprint density at radius 1 is 1.03 bits per heavy atom. The minimum absolute atomic E-state index is 0.0867. The van der Waals surface area contributed by atoms with Crippen LogP contribution in [0.15, 0.2) is 24.3 Å². The van der Waals surface area contributed by atoms with Crippen LogP contribution in [-0.2, 0) is 17.6 Å². The van der Waals surface area contributed by atoms with Crippen molar-refractivity contribution in [2.45, 2.75) is 38.0 Å². The second-order valence-electron chi connectivity index (χ2n) is 7.90. The molecule has 0 atom stereocenters. The lowest BCUT2D eigenvalue weighted by Gasteiger charge is -2.29. The van der Waals surface area contributed by atoms with E-state index in [-0.39, 0.29) is 24.8 Å². The molecule has 1 aliphatic carbocycles. The third kappa shape index (κ3) is 3.28. The quantitative estimate of drug-likeness (QED) is 0.833. The molecule has 29 heavy (non-hydrogen) atoms. The Kier molecular flexibility index (Phi) is 4.34. The summed E-state index contributed by atoms with van der Waals surface area (Å²) >= 11 is 0. The van der Waals surface area contributed by atoms with E-state index in [0.29, 0.717) is 30.3 Å². The van der Waals surface area contributed by atoms with E-state index in [1.54, 1.807) is 24.3 Å². The second kappa shape index (κ2) is 7.02. The molecule has 0 spiro atoms. The number of amides is 4.